The molecule has 0 aliphatic carbocycles. The second-order valence-corrected chi connectivity index (χ2v) is 9.81. The van der Waals surface area contributed by atoms with E-state index in [-0.39, 0.29) is 5.91 Å². The van der Waals surface area contributed by atoms with Crippen LogP contribution in [0, 0.1) is 0 Å². The van der Waals surface area contributed by atoms with Crippen LogP contribution in [0.4, 0.5) is 5.00 Å². The fourth-order valence-electron chi connectivity index (χ4n) is 4.01. The van der Waals surface area contributed by atoms with E-state index in [1.165, 1.54) is 16.2 Å². The standard InChI is InChI=1S/C23H23N3O4S2/c1-3-29-16-11-13(6-7-15(16)30-23(28)17-5-4-10-31-17)20-24-21(27)19-14-8-9-26(2)12-18(14)32-22(19)25-20/h4-7,10-11,20,25H,3,8-9,12H2,1-2H3,(H,24,27)/t20-/m1/s1. The largest absolute Gasteiger partial charge is 0.490 e. The predicted molar refractivity (Wildman–Crippen MR) is 125 cm³/mol. The van der Waals surface area contributed by atoms with Crippen molar-refractivity contribution in [3.05, 3.63) is 62.2 Å². The van der Waals surface area contributed by atoms with Gasteiger partial charge in [-0.05, 0) is 55.1 Å². The molecule has 0 unspecified atom stereocenters. The third-order valence-corrected chi connectivity index (χ3v) is 7.55. The lowest BCUT2D eigenvalue weighted by atomic mass is 10.0. The van der Waals surface area contributed by atoms with Gasteiger partial charge in [-0.25, -0.2) is 4.79 Å². The number of anilines is 1. The maximum Gasteiger partial charge on any atom is 0.353 e. The van der Waals surface area contributed by atoms with Gasteiger partial charge in [-0.15, -0.1) is 22.7 Å². The van der Waals surface area contributed by atoms with Gasteiger partial charge >= 0.3 is 5.97 Å². The first-order chi connectivity index (χ1) is 15.5. The minimum Gasteiger partial charge on any atom is -0.490 e. The summed E-state index contributed by atoms with van der Waals surface area (Å²) in [7, 11) is 2.10. The molecule has 0 saturated heterocycles. The van der Waals surface area contributed by atoms with Crippen molar-refractivity contribution >= 4 is 39.6 Å². The Hall–Kier alpha value is -2.88. The van der Waals surface area contributed by atoms with Gasteiger partial charge in [0.25, 0.3) is 5.91 Å². The number of benzene rings is 1. The van der Waals surface area contributed by atoms with Crippen LogP contribution in [0.3, 0.4) is 0 Å². The number of carbonyl (C=O) groups excluding carboxylic acids is 2. The van der Waals surface area contributed by atoms with E-state index in [2.05, 4.69) is 22.6 Å². The first-order valence-corrected chi connectivity index (χ1v) is 12.2. The second-order valence-electron chi connectivity index (χ2n) is 7.75. The van der Waals surface area contributed by atoms with Gasteiger partial charge in [0.1, 0.15) is 16.0 Å². The fraction of sp³-hybridized carbons (Fsp3) is 0.304. The van der Waals surface area contributed by atoms with Gasteiger partial charge in [0.2, 0.25) is 0 Å². The number of rotatable bonds is 5. The van der Waals surface area contributed by atoms with Crippen molar-refractivity contribution in [2.45, 2.75) is 26.1 Å². The van der Waals surface area contributed by atoms with Gasteiger partial charge in [0.15, 0.2) is 11.5 Å². The number of fused-ring (bicyclic) bond motifs is 3. The Kier molecular flexibility index (Phi) is 5.62. The maximum atomic E-state index is 13.0. The Balaban J connectivity index is 1.41. The number of thiophene rings is 2. The van der Waals surface area contributed by atoms with Crippen molar-refractivity contribution in [1.82, 2.24) is 10.2 Å². The van der Waals surface area contributed by atoms with Gasteiger partial charge in [-0.3, -0.25) is 4.79 Å². The Bertz CT molecular complexity index is 1170. The van der Waals surface area contributed by atoms with E-state index >= 15 is 0 Å². The van der Waals surface area contributed by atoms with Crippen LogP contribution in [0.1, 0.15) is 49.1 Å². The molecule has 2 N–H and O–H groups in total. The van der Waals surface area contributed by atoms with E-state index < -0.39 is 12.1 Å². The second kappa shape index (κ2) is 8.57. The van der Waals surface area contributed by atoms with Crippen molar-refractivity contribution in [2.24, 2.45) is 0 Å². The Morgan fingerprint density at radius 1 is 1.25 bits per heavy atom. The molecule has 166 valence electrons. The molecule has 4 heterocycles. The van der Waals surface area contributed by atoms with Crippen LogP contribution in [0.2, 0.25) is 0 Å². The van der Waals surface area contributed by atoms with Crippen molar-refractivity contribution in [3.63, 3.8) is 0 Å². The molecule has 5 rings (SSSR count). The lowest BCUT2D eigenvalue weighted by Crippen LogP contribution is -2.38. The lowest BCUT2D eigenvalue weighted by Gasteiger charge is -2.27. The summed E-state index contributed by atoms with van der Waals surface area (Å²) < 4.78 is 11.3. The van der Waals surface area contributed by atoms with Crippen LogP contribution in [-0.2, 0) is 13.0 Å². The number of carbonyl (C=O) groups is 2. The summed E-state index contributed by atoms with van der Waals surface area (Å²) in [6.07, 6.45) is 0.491. The van der Waals surface area contributed by atoms with Gasteiger partial charge in [-0.1, -0.05) is 12.1 Å². The number of esters is 1. The molecular weight excluding hydrogens is 446 g/mol. The van der Waals surface area contributed by atoms with E-state index in [0.29, 0.717) is 23.0 Å². The summed E-state index contributed by atoms with van der Waals surface area (Å²) in [5.74, 6) is 0.337. The summed E-state index contributed by atoms with van der Waals surface area (Å²) in [6.45, 7) is 4.12. The average Bonchev–Trinajstić information content (AvgIpc) is 3.42. The molecular formula is C23H23N3O4S2. The lowest BCUT2D eigenvalue weighted by molar-refractivity contribution is 0.0733. The molecule has 1 amide bonds. The third-order valence-electron chi connectivity index (χ3n) is 5.55. The highest BCUT2D eigenvalue weighted by molar-refractivity contribution is 7.16. The van der Waals surface area contributed by atoms with Crippen molar-refractivity contribution in [3.8, 4) is 11.5 Å². The number of likely N-dealkylation sites (N-methyl/N-ethyl adjacent to an activating group) is 1. The Morgan fingerprint density at radius 2 is 2.12 bits per heavy atom. The van der Waals surface area contributed by atoms with Crippen molar-refractivity contribution in [1.29, 1.82) is 0 Å². The molecule has 0 fully saturated rings. The number of hydrogen-bond donors (Lipinski definition) is 2. The predicted octanol–water partition coefficient (Wildman–Crippen LogP) is 4.27. The zero-order valence-electron chi connectivity index (χ0n) is 17.8. The highest BCUT2D eigenvalue weighted by Crippen LogP contribution is 2.41. The third kappa shape index (κ3) is 3.87. The number of hydrogen-bond acceptors (Lipinski definition) is 8. The maximum absolute atomic E-state index is 13.0. The molecule has 9 heteroatoms. The summed E-state index contributed by atoms with van der Waals surface area (Å²) in [6, 6.07) is 8.89. The van der Waals surface area contributed by atoms with Crippen LogP contribution in [0.25, 0.3) is 0 Å². The summed E-state index contributed by atoms with van der Waals surface area (Å²) in [4.78, 5) is 29.4. The number of ether oxygens (including phenoxy) is 2. The van der Waals surface area contributed by atoms with Crippen LogP contribution in [0.15, 0.2) is 35.7 Å². The van der Waals surface area contributed by atoms with Crippen LogP contribution >= 0.6 is 22.7 Å². The molecule has 2 aromatic heterocycles. The van der Waals surface area contributed by atoms with E-state index in [4.69, 9.17) is 9.47 Å². The SMILES string of the molecule is CCOc1cc([C@@H]2NC(=O)c3c(sc4c3CCN(C)C4)N2)ccc1OC(=O)c1cccs1. The smallest absolute Gasteiger partial charge is 0.353 e. The van der Waals surface area contributed by atoms with Crippen LogP contribution in [-0.4, -0.2) is 37.0 Å². The molecule has 0 bridgehead atoms. The average molecular weight is 470 g/mol. The molecule has 2 aliphatic heterocycles. The van der Waals surface area contributed by atoms with E-state index in [1.807, 2.05) is 24.4 Å². The molecule has 3 aromatic rings. The highest BCUT2D eigenvalue weighted by Gasteiger charge is 2.33. The van der Waals surface area contributed by atoms with E-state index in [0.717, 1.165) is 41.2 Å². The first kappa shape index (κ1) is 21.0. The highest BCUT2D eigenvalue weighted by atomic mass is 32.1. The van der Waals surface area contributed by atoms with Gasteiger partial charge < -0.3 is 25.0 Å². The number of amides is 1. The van der Waals surface area contributed by atoms with Crippen molar-refractivity contribution in [2.75, 3.05) is 25.5 Å². The quantitative estimate of drug-likeness (QED) is 0.429. The molecule has 0 saturated carbocycles. The summed E-state index contributed by atoms with van der Waals surface area (Å²) in [5, 5.41) is 9.28. The molecule has 0 radical (unpaired) electrons. The molecule has 0 spiro atoms. The zero-order valence-corrected chi connectivity index (χ0v) is 19.4. The normalized spacial score (nSPS) is 17.7. The molecule has 1 atom stereocenters. The van der Waals surface area contributed by atoms with Crippen molar-refractivity contribution < 1.29 is 19.1 Å². The molecule has 32 heavy (non-hydrogen) atoms. The molecule has 7 nitrogen and oxygen atoms in total. The molecule has 2 aliphatic rings. The number of nitrogens with one attached hydrogen (secondary N) is 2. The van der Waals surface area contributed by atoms with E-state index in [1.54, 1.807) is 29.5 Å². The minimum absolute atomic E-state index is 0.0584. The minimum atomic E-state index is -0.420. The van der Waals surface area contributed by atoms with Crippen LogP contribution in [0.5, 0.6) is 11.5 Å². The topological polar surface area (TPSA) is 79.9 Å². The van der Waals surface area contributed by atoms with Gasteiger partial charge in [-0.2, -0.15) is 0 Å². The van der Waals surface area contributed by atoms with Gasteiger partial charge in [0, 0.05) is 18.0 Å². The molecule has 1 aromatic carbocycles. The summed E-state index contributed by atoms with van der Waals surface area (Å²) in [5.41, 5.74) is 2.77. The fourth-order valence-corrected chi connectivity index (χ4v) is 5.96. The Morgan fingerprint density at radius 3 is 2.91 bits per heavy atom. The Labute approximate surface area is 194 Å². The number of nitrogens with zero attached hydrogens (tertiary/aromatic N) is 1. The van der Waals surface area contributed by atoms with E-state index in [9.17, 15) is 9.59 Å². The monoisotopic (exact) mass is 469 g/mol. The first-order valence-electron chi connectivity index (χ1n) is 10.5. The van der Waals surface area contributed by atoms with Gasteiger partial charge in [0.05, 0.1) is 12.2 Å². The summed E-state index contributed by atoms with van der Waals surface area (Å²) >= 11 is 2.98. The van der Waals surface area contributed by atoms with Crippen LogP contribution < -0.4 is 20.1 Å². The zero-order chi connectivity index (χ0) is 22.2.